The van der Waals surface area contributed by atoms with Gasteiger partial charge in [-0.25, -0.2) is 4.79 Å². The van der Waals surface area contributed by atoms with E-state index in [9.17, 15) is 4.79 Å². The molecule has 0 fully saturated rings. The summed E-state index contributed by atoms with van der Waals surface area (Å²) in [4.78, 5) is 12.0. The zero-order valence-corrected chi connectivity index (χ0v) is 12.7. The Bertz CT molecular complexity index is 783. The molecule has 116 valence electrons. The number of nitrogens with one attached hydrogen (secondary N) is 1. The van der Waals surface area contributed by atoms with E-state index in [0.717, 1.165) is 16.8 Å². The Morgan fingerprint density at radius 3 is 2.65 bits per heavy atom. The van der Waals surface area contributed by atoms with E-state index in [0.29, 0.717) is 17.9 Å². The highest BCUT2D eigenvalue weighted by molar-refractivity contribution is 5.94. The fourth-order valence-corrected chi connectivity index (χ4v) is 2.24. The number of esters is 1. The van der Waals surface area contributed by atoms with E-state index in [1.54, 1.807) is 18.3 Å². The number of methoxy groups -OCH3 is 1. The average molecular weight is 308 g/mol. The number of aromatic amines is 1. The number of carbonyl (C=O) groups is 1. The summed E-state index contributed by atoms with van der Waals surface area (Å²) in [6.07, 6.45) is 1.73. The Morgan fingerprint density at radius 2 is 1.96 bits per heavy atom. The summed E-state index contributed by atoms with van der Waals surface area (Å²) < 4.78 is 10.6. The molecule has 0 aliphatic heterocycles. The van der Waals surface area contributed by atoms with Crippen molar-refractivity contribution in [3.63, 3.8) is 0 Å². The predicted molar refractivity (Wildman–Crippen MR) is 86.1 cm³/mol. The van der Waals surface area contributed by atoms with Crippen molar-refractivity contribution in [1.29, 1.82) is 0 Å². The Morgan fingerprint density at radius 1 is 1.13 bits per heavy atom. The van der Waals surface area contributed by atoms with Crippen LogP contribution < -0.4 is 4.74 Å². The number of aromatic nitrogens is 2. The highest BCUT2D eigenvalue weighted by Crippen LogP contribution is 2.27. The molecule has 0 saturated heterocycles. The van der Waals surface area contributed by atoms with Crippen molar-refractivity contribution in [2.45, 2.75) is 6.61 Å². The number of H-pyrrole nitrogens is 1. The summed E-state index contributed by atoms with van der Waals surface area (Å²) >= 11 is 0. The quantitative estimate of drug-likeness (QED) is 0.733. The zero-order valence-electron chi connectivity index (χ0n) is 12.7. The number of hydrogen-bond acceptors (Lipinski definition) is 4. The second-order valence-electron chi connectivity index (χ2n) is 4.94. The average Bonchev–Trinajstić information content (AvgIpc) is 3.14. The second-order valence-corrected chi connectivity index (χ2v) is 4.94. The van der Waals surface area contributed by atoms with Crippen LogP contribution in [0.15, 0.2) is 60.8 Å². The van der Waals surface area contributed by atoms with Gasteiger partial charge in [0.15, 0.2) is 0 Å². The number of carbonyl (C=O) groups excluding carboxylic acids is 1. The maximum Gasteiger partial charge on any atom is 0.341 e. The summed E-state index contributed by atoms with van der Waals surface area (Å²) in [5, 5.41) is 6.87. The van der Waals surface area contributed by atoms with Gasteiger partial charge in [-0.1, -0.05) is 30.3 Å². The van der Waals surface area contributed by atoms with Crippen molar-refractivity contribution >= 4 is 5.97 Å². The molecule has 5 nitrogen and oxygen atoms in total. The molecular formula is C18H16N2O3. The molecule has 0 unspecified atom stereocenters. The van der Waals surface area contributed by atoms with Gasteiger partial charge in [-0.3, -0.25) is 5.10 Å². The molecule has 0 aliphatic carbocycles. The fraction of sp³-hybridized carbons (Fsp3) is 0.111. The topological polar surface area (TPSA) is 64.2 Å². The SMILES string of the molecule is COC(=O)c1cc(-c2cc[nH]n2)ccc1OCc1ccccc1. The van der Waals surface area contributed by atoms with Crippen LogP contribution in [0.2, 0.25) is 0 Å². The molecule has 0 spiro atoms. The Labute approximate surface area is 133 Å². The summed E-state index contributed by atoms with van der Waals surface area (Å²) in [5.41, 5.74) is 2.98. The molecule has 3 rings (SSSR count). The second kappa shape index (κ2) is 6.79. The summed E-state index contributed by atoms with van der Waals surface area (Å²) in [6, 6.07) is 17.0. The maximum atomic E-state index is 12.0. The van der Waals surface area contributed by atoms with Crippen LogP contribution in [0.25, 0.3) is 11.3 Å². The van der Waals surface area contributed by atoms with Crippen molar-refractivity contribution in [1.82, 2.24) is 10.2 Å². The van der Waals surface area contributed by atoms with Crippen LogP contribution in [-0.4, -0.2) is 23.3 Å². The van der Waals surface area contributed by atoms with Crippen LogP contribution in [0.5, 0.6) is 5.75 Å². The van der Waals surface area contributed by atoms with E-state index in [4.69, 9.17) is 9.47 Å². The van der Waals surface area contributed by atoms with E-state index < -0.39 is 5.97 Å². The Balaban J connectivity index is 1.88. The van der Waals surface area contributed by atoms with Crippen LogP contribution >= 0.6 is 0 Å². The first-order chi connectivity index (χ1) is 11.3. The van der Waals surface area contributed by atoms with Gasteiger partial charge < -0.3 is 9.47 Å². The van der Waals surface area contributed by atoms with Crippen LogP contribution in [0.3, 0.4) is 0 Å². The monoisotopic (exact) mass is 308 g/mol. The molecule has 0 atom stereocenters. The first kappa shape index (κ1) is 14.8. The molecule has 0 saturated carbocycles. The molecule has 0 radical (unpaired) electrons. The van der Waals surface area contributed by atoms with Crippen molar-refractivity contribution in [3.8, 4) is 17.0 Å². The molecule has 1 aromatic heterocycles. The van der Waals surface area contributed by atoms with Crippen LogP contribution in [0.4, 0.5) is 0 Å². The third kappa shape index (κ3) is 3.40. The lowest BCUT2D eigenvalue weighted by Crippen LogP contribution is -2.06. The Hall–Kier alpha value is -3.08. The van der Waals surface area contributed by atoms with E-state index >= 15 is 0 Å². The number of rotatable bonds is 5. The number of benzene rings is 2. The normalized spacial score (nSPS) is 10.3. The minimum Gasteiger partial charge on any atom is -0.488 e. The Kier molecular flexibility index (Phi) is 4.38. The third-order valence-electron chi connectivity index (χ3n) is 3.42. The molecule has 0 aliphatic rings. The lowest BCUT2D eigenvalue weighted by molar-refractivity contribution is 0.0595. The van der Waals surface area contributed by atoms with Crippen molar-refractivity contribution in [2.75, 3.05) is 7.11 Å². The van der Waals surface area contributed by atoms with Crippen molar-refractivity contribution in [2.24, 2.45) is 0 Å². The van der Waals surface area contributed by atoms with Gasteiger partial charge in [-0.15, -0.1) is 0 Å². The smallest absolute Gasteiger partial charge is 0.341 e. The van der Waals surface area contributed by atoms with Gasteiger partial charge in [-0.05, 0) is 29.8 Å². The molecule has 3 aromatic rings. The zero-order chi connectivity index (χ0) is 16.1. The first-order valence-electron chi connectivity index (χ1n) is 7.17. The molecule has 2 aromatic carbocycles. The summed E-state index contributed by atoms with van der Waals surface area (Å²) in [5.74, 6) is 0.0467. The van der Waals surface area contributed by atoms with Gasteiger partial charge in [0.25, 0.3) is 0 Å². The minimum absolute atomic E-state index is 0.379. The van der Waals surface area contributed by atoms with Gasteiger partial charge in [0.05, 0.1) is 12.8 Å². The third-order valence-corrected chi connectivity index (χ3v) is 3.42. The van der Waals surface area contributed by atoms with Gasteiger partial charge in [0.1, 0.15) is 17.9 Å². The standard InChI is InChI=1S/C18H16N2O3/c1-22-18(21)15-11-14(16-9-10-19-20-16)7-8-17(15)23-12-13-5-3-2-4-6-13/h2-11H,12H2,1H3,(H,19,20). The molecule has 0 amide bonds. The highest BCUT2D eigenvalue weighted by atomic mass is 16.5. The van der Waals surface area contributed by atoms with E-state index in [1.165, 1.54) is 7.11 Å². The van der Waals surface area contributed by atoms with Crippen molar-refractivity contribution < 1.29 is 14.3 Å². The van der Waals surface area contributed by atoms with Gasteiger partial charge in [-0.2, -0.15) is 5.10 Å². The first-order valence-corrected chi connectivity index (χ1v) is 7.17. The number of nitrogens with zero attached hydrogens (tertiary/aromatic N) is 1. The van der Waals surface area contributed by atoms with Crippen LogP contribution in [0, 0.1) is 0 Å². The predicted octanol–water partition coefficient (Wildman–Crippen LogP) is 3.44. The molecule has 5 heteroatoms. The number of ether oxygens (including phenoxy) is 2. The minimum atomic E-state index is -0.439. The van der Waals surface area contributed by atoms with Crippen LogP contribution in [-0.2, 0) is 11.3 Å². The van der Waals surface area contributed by atoms with E-state index in [-0.39, 0.29) is 0 Å². The lowest BCUT2D eigenvalue weighted by atomic mass is 10.1. The van der Waals surface area contributed by atoms with E-state index in [1.807, 2.05) is 42.5 Å². The molecule has 23 heavy (non-hydrogen) atoms. The highest BCUT2D eigenvalue weighted by Gasteiger charge is 2.15. The fourth-order valence-electron chi connectivity index (χ4n) is 2.24. The summed E-state index contributed by atoms with van der Waals surface area (Å²) in [7, 11) is 1.35. The largest absolute Gasteiger partial charge is 0.488 e. The summed E-state index contributed by atoms with van der Waals surface area (Å²) in [6.45, 7) is 0.382. The molecule has 1 heterocycles. The molecule has 0 bridgehead atoms. The van der Waals surface area contributed by atoms with Crippen LogP contribution in [0.1, 0.15) is 15.9 Å². The van der Waals surface area contributed by atoms with E-state index in [2.05, 4.69) is 10.2 Å². The van der Waals surface area contributed by atoms with Gasteiger partial charge in [0.2, 0.25) is 0 Å². The number of hydrogen-bond donors (Lipinski definition) is 1. The van der Waals surface area contributed by atoms with Gasteiger partial charge in [0, 0.05) is 11.8 Å². The van der Waals surface area contributed by atoms with Gasteiger partial charge >= 0.3 is 5.97 Å². The molecular weight excluding hydrogens is 292 g/mol. The molecule has 1 N–H and O–H groups in total. The van der Waals surface area contributed by atoms with Crippen molar-refractivity contribution in [3.05, 3.63) is 71.9 Å². The lowest BCUT2D eigenvalue weighted by Gasteiger charge is -2.11. The maximum absolute atomic E-state index is 12.0.